The molecule has 2 unspecified atom stereocenters. The van der Waals surface area contributed by atoms with E-state index in [2.05, 4.69) is 71.5 Å². The van der Waals surface area contributed by atoms with Crippen LogP contribution in [0.15, 0.2) is 59.7 Å². The standard InChI is InChI=1S/C43H60N6O6/c1-26(2)39(46-42(52)54-7)41(51)48-23-11-14-38(48)37-24-34(25-44-37)33-21-19-32(20-22-33)31-17-15-30(16-18-31)28(5)45-40(50)36-13-10-9-12-35(36)29(6)49(27(3)4)47-43(53)55-8/h15-22,25-29,35-36,38-39H,9-14,23-24H2,1-8H3,(H,45,50)(H,46,52)(H,47,53)/t28-,29?,35+,36?,38+,39+/m1/s1. The molecular weight excluding hydrogens is 697 g/mol. The molecule has 0 radical (unpaired) electrons. The summed E-state index contributed by atoms with van der Waals surface area (Å²) in [6.07, 6.45) is 7.03. The smallest absolute Gasteiger partial charge is 0.421 e. The van der Waals surface area contributed by atoms with Gasteiger partial charge in [0.25, 0.3) is 0 Å². The van der Waals surface area contributed by atoms with Crippen LogP contribution in [0.1, 0.15) is 104 Å². The normalized spacial score (nSPS) is 21.4. The van der Waals surface area contributed by atoms with Gasteiger partial charge in [0.1, 0.15) is 6.04 Å². The Balaban J connectivity index is 1.17. The Bertz CT molecular complexity index is 1720. The Morgan fingerprint density at radius 3 is 2.02 bits per heavy atom. The Morgan fingerprint density at radius 2 is 1.40 bits per heavy atom. The van der Waals surface area contributed by atoms with Crippen molar-refractivity contribution in [3.8, 4) is 11.1 Å². The third-order valence-corrected chi connectivity index (χ3v) is 11.6. The van der Waals surface area contributed by atoms with E-state index < -0.39 is 18.2 Å². The molecule has 12 heteroatoms. The fraction of sp³-hybridized carbons (Fsp3) is 0.558. The van der Waals surface area contributed by atoms with Crippen molar-refractivity contribution in [2.24, 2.45) is 22.7 Å². The minimum atomic E-state index is -0.657. The van der Waals surface area contributed by atoms with Crippen molar-refractivity contribution in [3.05, 3.63) is 65.9 Å². The number of amides is 4. The van der Waals surface area contributed by atoms with Crippen LogP contribution in [0, 0.1) is 17.8 Å². The van der Waals surface area contributed by atoms with Crippen LogP contribution >= 0.6 is 0 Å². The Kier molecular flexibility index (Phi) is 14.1. The fourth-order valence-corrected chi connectivity index (χ4v) is 8.45. The molecule has 1 saturated heterocycles. The average Bonchev–Trinajstić information content (AvgIpc) is 3.89. The summed E-state index contributed by atoms with van der Waals surface area (Å²) in [6, 6.07) is 15.9. The zero-order valence-corrected chi connectivity index (χ0v) is 33.8. The van der Waals surface area contributed by atoms with Gasteiger partial charge in [0.05, 0.1) is 26.3 Å². The number of methoxy groups -OCH3 is 2. The molecule has 3 N–H and O–H groups in total. The van der Waals surface area contributed by atoms with E-state index in [1.54, 1.807) is 0 Å². The number of rotatable bonds is 13. The van der Waals surface area contributed by atoms with Gasteiger partial charge >= 0.3 is 12.2 Å². The third-order valence-electron chi connectivity index (χ3n) is 11.6. The summed E-state index contributed by atoms with van der Waals surface area (Å²) < 4.78 is 9.62. The van der Waals surface area contributed by atoms with Gasteiger partial charge in [-0.15, -0.1) is 0 Å². The maximum atomic E-state index is 13.7. The highest BCUT2D eigenvalue weighted by Gasteiger charge is 2.40. The van der Waals surface area contributed by atoms with Gasteiger partial charge in [-0.2, -0.15) is 0 Å². The monoisotopic (exact) mass is 756 g/mol. The Hall–Kier alpha value is -4.71. The van der Waals surface area contributed by atoms with Crippen molar-refractivity contribution < 1.29 is 28.7 Å². The van der Waals surface area contributed by atoms with Crippen LogP contribution in [0.2, 0.25) is 0 Å². The van der Waals surface area contributed by atoms with Gasteiger partial charge in [-0.05, 0) is 93.0 Å². The molecule has 2 heterocycles. The number of hydrogen-bond acceptors (Lipinski definition) is 8. The molecule has 1 saturated carbocycles. The highest BCUT2D eigenvalue weighted by molar-refractivity contribution is 6.03. The summed E-state index contributed by atoms with van der Waals surface area (Å²) in [7, 11) is 2.66. The number of hydrogen-bond donors (Lipinski definition) is 3. The van der Waals surface area contributed by atoms with Gasteiger partial charge in [-0.25, -0.2) is 14.6 Å². The van der Waals surface area contributed by atoms with Crippen molar-refractivity contribution in [2.45, 2.75) is 117 Å². The van der Waals surface area contributed by atoms with Crippen LogP contribution < -0.4 is 16.1 Å². The number of carbonyl (C=O) groups is 4. The van der Waals surface area contributed by atoms with E-state index in [1.165, 1.54) is 14.2 Å². The number of likely N-dealkylation sites (tertiary alicyclic amines) is 1. The van der Waals surface area contributed by atoms with E-state index in [-0.39, 0.29) is 53.7 Å². The lowest BCUT2D eigenvalue weighted by molar-refractivity contribution is -0.134. The SMILES string of the molecule is COC(=O)N[C@H](C(=O)N1CCC[C@H]1C1=NC=C(c2ccc(-c3ccc([C@@H](C)NC(=O)C4CCCC[C@H]4C(C)N(NC(=O)OC)C(C)C)cc3)cc2)C1)C(C)C. The molecule has 2 fully saturated rings. The fourth-order valence-electron chi connectivity index (χ4n) is 8.45. The van der Waals surface area contributed by atoms with Gasteiger partial charge in [0.15, 0.2) is 0 Å². The van der Waals surface area contributed by atoms with E-state index in [9.17, 15) is 19.2 Å². The molecule has 55 heavy (non-hydrogen) atoms. The van der Waals surface area contributed by atoms with Crippen LogP contribution in [0.25, 0.3) is 16.7 Å². The van der Waals surface area contributed by atoms with Crippen LogP contribution in [-0.4, -0.2) is 84.6 Å². The number of carbonyl (C=O) groups excluding carboxylic acids is 4. The second kappa shape index (κ2) is 18.8. The van der Waals surface area contributed by atoms with E-state index in [4.69, 9.17) is 14.5 Å². The minimum Gasteiger partial charge on any atom is -0.453 e. The lowest BCUT2D eigenvalue weighted by Crippen LogP contribution is -2.56. The highest BCUT2D eigenvalue weighted by Crippen LogP contribution is 2.36. The largest absolute Gasteiger partial charge is 0.453 e. The topological polar surface area (TPSA) is 142 Å². The molecule has 1 aliphatic carbocycles. The number of hydrazine groups is 1. The van der Waals surface area contributed by atoms with Gasteiger partial charge in [-0.3, -0.25) is 20.0 Å². The summed E-state index contributed by atoms with van der Waals surface area (Å²) in [6.45, 7) is 12.6. The number of ether oxygens (including phenoxy) is 2. The molecule has 6 atom stereocenters. The zero-order valence-electron chi connectivity index (χ0n) is 33.8. The number of nitrogens with zero attached hydrogens (tertiary/aromatic N) is 3. The molecule has 2 aromatic carbocycles. The van der Waals surface area contributed by atoms with E-state index in [1.807, 2.05) is 50.7 Å². The lowest BCUT2D eigenvalue weighted by Gasteiger charge is -2.42. The summed E-state index contributed by atoms with van der Waals surface area (Å²) in [5.41, 5.74) is 9.24. The van der Waals surface area contributed by atoms with Crippen molar-refractivity contribution in [1.29, 1.82) is 0 Å². The molecule has 0 bridgehead atoms. The third kappa shape index (κ3) is 9.94. The predicted octanol–water partition coefficient (Wildman–Crippen LogP) is 7.26. The quantitative estimate of drug-likeness (QED) is 0.183. The van der Waals surface area contributed by atoms with Crippen LogP contribution in [0.4, 0.5) is 9.59 Å². The summed E-state index contributed by atoms with van der Waals surface area (Å²) in [4.78, 5) is 58.0. The van der Waals surface area contributed by atoms with Crippen LogP contribution in [0.5, 0.6) is 0 Å². The highest BCUT2D eigenvalue weighted by atomic mass is 16.5. The molecule has 2 aromatic rings. The number of benzene rings is 2. The first kappa shape index (κ1) is 41.5. The van der Waals surface area contributed by atoms with Crippen molar-refractivity contribution in [2.75, 3.05) is 20.8 Å². The average molecular weight is 757 g/mol. The van der Waals surface area contributed by atoms with E-state index in [0.29, 0.717) is 13.0 Å². The first-order valence-electron chi connectivity index (χ1n) is 19.9. The first-order chi connectivity index (χ1) is 26.3. The van der Waals surface area contributed by atoms with Gasteiger partial charge < -0.3 is 25.0 Å². The Morgan fingerprint density at radius 1 is 0.782 bits per heavy atom. The predicted molar refractivity (Wildman–Crippen MR) is 215 cm³/mol. The van der Waals surface area contributed by atoms with Gasteiger partial charge in [0.2, 0.25) is 11.8 Å². The zero-order chi connectivity index (χ0) is 39.8. The maximum absolute atomic E-state index is 13.7. The number of allylic oxidation sites excluding steroid dienone is 1. The number of aliphatic imine (C=N–C) groups is 1. The summed E-state index contributed by atoms with van der Waals surface area (Å²) in [5, 5.41) is 7.92. The minimum absolute atomic E-state index is 0.0372. The van der Waals surface area contributed by atoms with Crippen molar-refractivity contribution in [3.63, 3.8) is 0 Å². The molecular formula is C43H60N6O6. The molecule has 298 valence electrons. The Labute approximate surface area is 326 Å². The number of nitrogens with one attached hydrogen (secondary N) is 3. The number of alkyl carbamates (subject to hydrolysis) is 1. The van der Waals surface area contributed by atoms with Crippen LogP contribution in [-0.2, 0) is 19.1 Å². The molecule has 4 amide bonds. The van der Waals surface area contributed by atoms with E-state index >= 15 is 0 Å². The van der Waals surface area contributed by atoms with Gasteiger partial charge in [0, 0.05) is 42.9 Å². The second-order valence-electron chi connectivity index (χ2n) is 15.8. The first-order valence-corrected chi connectivity index (χ1v) is 19.9. The second-order valence-corrected chi connectivity index (χ2v) is 15.8. The van der Waals surface area contributed by atoms with Crippen molar-refractivity contribution >= 4 is 35.3 Å². The molecule has 5 rings (SSSR count). The molecule has 0 aromatic heterocycles. The molecule has 3 aliphatic rings. The molecule has 12 nitrogen and oxygen atoms in total. The van der Waals surface area contributed by atoms with Crippen LogP contribution in [0.3, 0.4) is 0 Å². The van der Waals surface area contributed by atoms with E-state index in [0.717, 1.165) is 72.1 Å². The summed E-state index contributed by atoms with van der Waals surface area (Å²) in [5.74, 6) is -0.167. The molecule has 2 aliphatic heterocycles. The lowest BCUT2D eigenvalue weighted by atomic mass is 9.74. The molecule has 0 spiro atoms. The van der Waals surface area contributed by atoms with Crippen molar-refractivity contribution in [1.82, 2.24) is 26.0 Å². The summed E-state index contributed by atoms with van der Waals surface area (Å²) >= 11 is 0. The maximum Gasteiger partial charge on any atom is 0.421 e. The van der Waals surface area contributed by atoms with Gasteiger partial charge in [-0.1, -0.05) is 75.2 Å².